The van der Waals surface area contributed by atoms with Crippen LogP contribution < -0.4 is 10.1 Å². The van der Waals surface area contributed by atoms with Crippen molar-refractivity contribution in [2.45, 2.75) is 32.6 Å². The summed E-state index contributed by atoms with van der Waals surface area (Å²) in [6.45, 7) is 5.06. The van der Waals surface area contributed by atoms with Crippen LogP contribution in [0.15, 0.2) is 18.2 Å². The van der Waals surface area contributed by atoms with Gasteiger partial charge in [0.1, 0.15) is 5.75 Å². The first-order valence-corrected chi connectivity index (χ1v) is 7.28. The summed E-state index contributed by atoms with van der Waals surface area (Å²) in [6, 6.07) is 5.30. The molecule has 0 saturated carbocycles. The summed E-state index contributed by atoms with van der Waals surface area (Å²) < 4.78 is 5.60. The Labute approximate surface area is 120 Å². The molecule has 2 nitrogen and oxygen atoms in total. The Kier molecular flexibility index (Phi) is 8.23. The number of hydrogen-bond acceptors (Lipinski definition) is 2. The highest BCUT2D eigenvalue weighted by Crippen LogP contribution is 2.27. The minimum Gasteiger partial charge on any atom is -0.492 e. The van der Waals surface area contributed by atoms with Gasteiger partial charge in [0.2, 0.25) is 0 Å². The third-order valence-electron chi connectivity index (χ3n) is 2.61. The maximum atomic E-state index is 6.01. The van der Waals surface area contributed by atoms with Gasteiger partial charge >= 0.3 is 0 Å². The van der Waals surface area contributed by atoms with Crippen molar-refractivity contribution < 1.29 is 4.74 Å². The number of nitrogens with one attached hydrogen (secondary N) is 1. The van der Waals surface area contributed by atoms with E-state index < -0.39 is 0 Å². The van der Waals surface area contributed by atoms with E-state index in [1.165, 1.54) is 12.8 Å². The molecule has 4 heteroatoms. The molecule has 0 radical (unpaired) electrons. The number of halogens is 2. The van der Waals surface area contributed by atoms with Crippen molar-refractivity contribution in [2.75, 3.05) is 19.7 Å². The van der Waals surface area contributed by atoms with E-state index in [1.807, 2.05) is 6.07 Å². The number of ether oxygens (including phenoxy) is 1. The van der Waals surface area contributed by atoms with Gasteiger partial charge in [0.25, 0.3) is 0 Å². The summed E-state index contributed by atoms with van der Waals surface area (Å²) in [6.07, 6.45) is 4.63. The van der Waals surface area contributed by atoms with E-state index in [-0.39, 0.29) is 0 Å². The molecule has 0 unspecified atom stereocenters. The van der Waals surface area contributed by atoms with Crippen LogP contribution in [0.4, 0.5) is 0 Å². The second-order valence-electron chi connectivity index (χ2n) is 4.23. The molecule has 0 amide bonds. The first kappa shape index (κ1) is 15.6. The topological polar surface area (TPSA) is 21.3 Å². The lowest BCUT2D eigenvalue weighted by Gasteiger charge is -2.08. The summed E-state index contributed by atoms with van der Waals surface area (Å²) in [5, 5.41) is 4.61. The molecule has 0 aliphatic rings. The number of unbranched alkanes of at least 4 members (excludes halogenated alkanes) is 2. The Morgan fingerprint density at radius 3 is 2.61 bits per heavy atom. The SMILES string of the molecule is CCCCNCCCCOc1ccc(Cl)cc1Cl. The van der Waals surface area contributed by atoms with E-state index >= 15 is 0 Å². The largest absolute Gasteiger partial charge is 0.492 e. The Morgan fingerprint density at radius 1 is 1.11 bits per heavy atom. The van der Waals surface area contributed by atoms with Crippen LogP contribution in [0, 0.1) is 0 Å². The summed E-state index contributed by atoms with van der Waals surface area (Å²) in [5.41, 5.74) is 0. The van der Waals surface area contributed by atoms with Crippen LogP contribution in [0.2, 0.25) is 10.0 Å². The van der Waals surface area contributed by atoms with Gasteiger partial charge in [-0.05, 0) is 50.6 Å². The fraction of sp³-hybridized carbons (Fsp3) is 0.571. The lowest BCUT2D eigenvalue weighted by molar-refractivity contribution is 0.306. The highest BCUT2D eigenvalue weighted by Gasteiger charge is 2.01. The molecule has 18 heavy (non-hydrogen) atoms. The van der Waals surface area contributed by atoms with Crippen LogP contribution in [-0.2, 0) is 0 Å². The van der Waals surface area contributed by atoms with Crippen molar-refractivity contribution >= 4 is 23.2 Å². The van der Waals surface area contributed by atoms with Gasteiger partial charge in [0.15, 0.2) is 0 Å². The highest BCUT2D eigenvalue weighted by molar-refractivity contribution is 6.35. The van der Waals surface area contributed by atoms with Gasteiger partial charge in [-0.15, -0.1) is 0 Å². The van der Waals surface area contributed by atoms with Crippen LogP contribution in [0.5, 0.6) is 5.75 Å². The van der Waals surface area contributed by atoms with E-state index in [2.05, 4.69) is 12.2 Å². The van der Waals surface area contributed by atoms with Crippen LogP contribution in [-0.4, -0.2) is 19.7 Å². The zero-order chi connectivity index (χ0) is 13.2. The third kappa shape index (κ3) is 6.48. The Bertz CT molecular complexity index is 345. The molecule has 0 fully saturated rings. The molecule has 0 bridgehead atoms. The van der Waals surface area contributed by atoms with E-state index in [1.54, 1.807) is 12.1 Å². The van der Waals surface area contributed by atoms with Crippen LogP contribution in [0.1, 0.15) is 32.6 Å². The standard InChI is InChI=1S/C14H21Cl2NO/c1-2-3-8-17-9-4-5-10-18-14-7-6-12(15)11-13(14)16/h6-7,11,17H,2-5,8-10H2,1H3. The minimum atomic E-state index is 0.573. The molecule has 0 spiro atoms. The van der Waals surface area contributed by atoms with Gasteiger partial charge in [-0.25, -0.2) is 0 Å². The molecule has 0 atom stereocenters. The lowest BCUT2D eigenvalue weighted by Crippen LogP contribution is -2.17. The number of benzene rings is 1. The van der Waals surface area contributed by atoms with Crippen molar-refractivity contribution in [3.63, 3.8) is 0 Å². The molecule has 1 rings (SSSR count). The molecule has 1 N–H and O–H groups in total. The molecule has 0 heterocycles. The number of rotatable bonds is 9. The summed E-state index contributed by atoms with van der Waals surface area (Å²) in [4.78, 5) is 0. The van der Waals surface area contributed by atoms with Crippen molar-refractivity contribution in [2.24, 2.45) is 0 Å². The van der Waals surface area contributed by atoms with Crippen LogP contribution in [0.3, 0.4) is 0 Å². The molecular weight excluding hydrogens is 269 g/mol. The molecule has 0 aromatic heterocycles. The van der Waals surface area contributed by atoms with Crippen molar-refractivity contribution in [1.82, 2.24) is 5.32 Å². The Balaban J connectivity index is 2.07. The highest BCUT2D eigenvalue weighted by atomic mass is 35.5. The first-order chi connectivity index (χ1) is 8.74. The fourth-order valence-electron chi connectivity index (χ4n) is 1.55. The maximum Gasteiger partial charge on any atom is 0.137 e. The second-order valence-corrected chi connectivity index (χ2v) is 5.08. The van der Waals surface area contributed by atoms with E-state index in [4.69, 9.17) is 27.9 Å². The van der Waals surface area contributed by atoms with Crippen LogP contribution >= 0.6 is 23.2 Å². The molecule has 0 saturated heterocycles. The van der Waals surface area contributed by atoms with E-state index in [0.29, 0.717) is 22.4 Å². The third-order valence-corrected chi connectivity index (χ3v) is 3.14. The van der Waals surface area contributed by atoms with Crippen molar-refractivity contribution in [3.05, 3.63) is 28.2 Å². The maximum absolute atomic E-state index is 6.01. The summed E-state index contributed by atoms with van der Waals surface area (Å²) >= 11 is 11.8. The molecule has 102 valence electrons. The quantitative estimate of drug-likeness (QED) is 0.674. The summed E-state index contributed by atoms with van der Waals surface area (Å²) in [7, 11) is 0. The normalized spacial score (nSPS) is 10.6. The van der Waals surface area contributed by atoms with Gasteiger partial charge < -0.3 is 10.1 Å². The zero-order valence-corrected chi connectivity index (χ0v) is 12.4. The minimum absolute atomic E-state index is 0.573. The van der Waals surface area contributed by atoms with Gasteiger partial charge in [0, 0.05) is 5.02 Å². The Morgan fingerprint density at radius 2 is 1.89 bits per heavy atom. The molecule has 1 aromatic carbocycles. The van der Waals surface area contributed by atoms with Crippen LogP contribution in [0.25, 0.3) is 0 Å². The molecule has 0 aliphatic heterocycles. The van der Waals surface area contributed by atoms with E-state index in [0.717, 1.165) is 25.9 Å². The fourth-order valence-corrected chi connectivity index (χ4v) is 2.02. The zero-order valence-electron chi connectivity index (χ0n) is 10.8. The summed E-state index contributed by atoms with van der Waals surface area (Å²) in [5.74, 6) is 0.708. The lowest BCUT2D eigenvalue weighted by atomic mass is 10.3. The van der Waals surface area contributed by atoms with Gasteiger partial charge in [-0.2, -0.15) is 0 Å². The smallest absolute Gasteiger partial charge is 0.137 e. The van der Waals surface area contributed by atoms with E-state index in [9.17, 15) is 0 Å². The molecule has 0 aliphatic carbocycles. The second kappa shape index (κ2) is 9.48. The first-order valence-electron chi connectivity index (χ1n) is 6.52. The average Bonchev–Trinajstić information content (AvgIpc) is 2.35. The number of hydrogen-bond donors (Lipinski definition) is 1. The van der Waals surface area contributed by atoms with Gasteiger partial charge in [-0.3, -0.25) is 0 Å². The van der Waals surface area contributed by atoms with Gasteiger partial charge in [0.05, 0.1) is 11.6 Å². The Hall–Kier alpha value is -0.440. The monoisotopic (exact) mass is 289 g/mol. The van der Waals surface area contributed by atoms with Crippen molar-refractivity contribution in [3.8, 4) is 5.75 Å². The average molecular weight is 290 g/mol. The molecular formula is C14H21Cl2NO. The van der Waals surface area contributed by atoms with Crippen molar-refractivity contribution in [1.29, 1.82) is 0 Å². The predicted molar refractivity (Wildman–Crippen MR) is 79.0 cm³/mol. The predicted octanol–water partition coefficient (Wildman–Crippen LogP) is 4.54. The van der Waals surface area contributed by atoms with Gasteiger partial charge in [-0.1, -0.05) is 36.5 Å². The molecule has 1 aromatic rings.